The lowest BCUT2D eigenvalue weighted by atomic mass is 9.95. The Morgan fingerprint density at radius 1 is 1.60 bits per heavy atom. The monoisotopic (exact) mass is 219 g/mol. The van der Waals surface area contributed by atoms with E-state index in [1.807, 2.05) is 18.2 Å². The van der Waals surface area contributed by atoms with Gasteiger partial charge in [-0.2, -0.15) is 0 Å². The second kappa shape index (κ2) is 2.85. The Morgan fingerprint density at radius 2 is 2.47 bits per heavy atom. The number of carboxylic acids is 1. The molecule has 0 spiro atoms. The van der Waals surface area contributed by atoms with E-state index in [1.165, 1.54) is 0 Å². The Kier molecular flexibility index (Phi) is 1.71. The molecule has 15 heavy (non-hydrogen) atoms. The van der Waals surface area contributed by atoms with Crippen molar-refractivity contribution < 1.29 is 9.90 Å². The van der Waals surface area contributed by atoms with Gasteiger partial charge in [0.05, 0.1) is 0 Å². The standard InChI is InChI=1S/C11H9NO2S/c13-10(14)11-5-9(11)15-8-6-12-4-2-1-3-7(8)11/h1-4,6,9H,5H2,(H,13,14)/b2-1?,3-1-,4-2-,7-3?,8-6?,12-4?,12-6?. The van der Waals surface area contributed by atoms with E-state index in [9.17, 15) is 9.90 Å². The number of fused-ring (bicyclic) bond motifs is 2. The van der Waals surface area contributed by atoms with Crippen molar-refractivity contribution in [2.24, 2.45) is 10.4 Å². The van der Waals surface area contributed by atoms with Gasteiger partial charge in [0.2, 0.25) is 0 Å². The summed E-state index contributed by atoms with van der Waals surface area (Å²) in [5.41, 5.74) is 0.311. The Labute approximate surface area is 91.3 Å². The van der Waals surface area contributed by atoms with Crippen molar-refractivity contribution >= 4 is 23.9 Å². The molecule has 3 aliphatic rings. The van der Waals surface area contributed by atoms with Crippen LogP contribution < -0.4 is 0 Å². The highest BCUT2D eigenvalue weighted by Crippen LogP contribution is 2.67. The Hall–Kier alpha value is -1.29. The molecule has 0 aromatic rings. The number of carbonyl (C=O) groups is 1. The van der Waals surface area contributed by atoms with E-state index < -0.39 is 11.4 Å². The maximum Gasteiger partial charge on any atom is 0.315 e. The van der Waals surface area contributed by atoms with Crippen molar-refractivity contribution in [2.75, 3.05) is 0 Å². The number of aliphatic imine (C=N–C) groups is 1. The molecule has 2 aliphatic heterocycles. The summed E-state index contributed by atoms with van der Waals surface area (Å²) in [6, 6.07) is 0. The first-order valence-electron chi connectivity index (χ1n) is 4.76. The smallest absolute Gasteiger partial charge is 0.315 e. The maximum absolute atomic E-state index is 11.3. The summed E-state index contributed by atoms with van der Waals surface area (Å²) in [6.45, 7) is 0. The zero-order valence-corrected chi connectivity index (χ0v) is 8.70. The fourth-order valence-corrected chi connectivity index (χ4v) is 3.71. The maximum atomic E-state index is 11.3. The molecule has 2 atom stereocenters. The fourth-order valence-electron chi connectivity index (χ4n) is 2.13. The Bertz CT molecular complexity index is 461. The molecule has 3 rings (SSSR count). The number of thioether (sulfide) groups is 1. The van der Waals surface area contributed by atoms with Gasteiger partial charge in [-0.3, -0.25) is 9.79 Å². The largest absolute Gasteiger partial charge is 0.481 e. The molecule has 0 radical (unpaired) electrons. The fraction of sp³-hybridized carbons (Fsp3) is 0.273. The number of carboxylic acid groups (broad SMARTS) is 1. The summed E-state index contributed by atoms with van der Waals surface area (Å²) in [4.78, 5) is 16.4. The topological polar surface area (TPSA) is 49.7 Å². The summed E-state index contributed by atoms with van der Waals surface area (Å²) in [5, 5.41) is 9.49. The van der Waals surface area contributed by atoms with E-state index >= 15 is 0 Å². The van der Waals surface area contributed by atoms with Crippen LogP contribution >= 0.6 is 11.8 Å². The summed E-state index contributed by atoms with van der Waals surface area (Å²) >= 11 is 1.64. The molecule has 1 N–H and O–H groups in total. The molecule has 0 aromatic heterocycles. The molecule has 0 bridgehead atoms. The van der Waals surface area contributed by atoms with Crippen LogP contribution in [0, 0.1) is 5.41 Å². The summed E-state index contributed by atoms with van der Waals surface area (Å²) in [6.07, 6.45) is 9.81. The lowest BCUT2D eigenvalue weighted by Gasteiger charge is -2.09. The van der Waals surface area contributed by atoms with E-state index in [0.29, 0.717) is 0 Å². The number of rotatable bonds is 1. The average molecular weight is 219 g/mol. The molecule has 2 heterocycles. The molecular weight excluding hydrogens is 210 g/mol. The normalized spacial score (nSPS) is 40.1. The van der Waals surface area contributed by atoms with E-state index in [2.05, 4.69) is 4.99 Å². The van der Waals surface area contributed by atoms with Crippen molar-refractivity contribution in [3.05, 3.63) is 34.9 Å². The van der Waals surface area contributed by atoms with Gasteiger partial charge < -0.3 is 5.11 Å². The van der Waals surface area contributed by atoms with Gasteiger partial charge >= 0.3 is 5.97 Å². The van der Waals surface area contributed by atoms with Crippen LogP contribution in [0.5, 0.6) is 0 Å². The molecule has 1 fully saturated rings. The van der Waals surface area contributed by atoms with E-state index in [4.69, 9.17) is 0 Å². The molecule has 0 amide bonds. The third kappa shape index (κ3) is 1.08. The quantitative estimate of drug-likeness (QED) is 0.733. The first kappa shape index (κ1) is 8.97. The predicted molar refractivity (Wildman–Crippen MR) is 59.9 cm³/mol. The van der Waals surface area contributed by atoms with Gasteiger partial charge in [-0.05, 0) is 18.1 Å². The van der Waals surface area contributed by atoms with Gasteiger partial charge in [-0.15, -0.1) is 11.8 Å². The van der Waals surface area contributed by atoms with Crippen LogP contribution in [0.3, 0.4) is 0 Å². The zero-order chi connectivity index (χ0) is 10.5. The molecule has 0 saturated heterocycles. The van der Waals surface area contributed by atoms with Crippen LogP contribution in [0.4, 0.5) is 0 Å². The highest BCUT2D eigenvalue weighted by Gasteiger charge is 2.67. The first-order valence-corrected chi connectivity index (χ1v) is 5.64. The molecule has 1 aliphatic carbocycles. The predicted octanol–water partition coefficient (Wildman–Crippen LogP) is 1.98. The highest BCUT2D eigenvalue weighted by molar-refractivity contribution is 8.05. The lowest BCUT2D eigenvalue weighted by Crippen LogP contribution is -2.18. The van der Waals surface area contributed by atoms with Crippen molar-refractivity contribution in [1.82, 2.24) is 0 Å². The minimum absolute atomic E-state index is 0.217. The SMILES string of the molecule is O=C(O)C12CC1SC1=C2/C=C\C=C/N=C1. The second-order valence-corrected chi connectivity index (χ2v) is 5.09. The molecule has 76 valence electrons. The minimum atomic E-state index is -0.701. The van der Waals surface area contributed by atoms with Gasteiger partial charge in [-0.25, -0.2) is 0 Å². The second-order valence-electron chi connectivity index (χ2n) is 3.84. The van der Waals surface area contributed by atoms with Crippen LogP contribution in [0.2, 0.25) is 0 Å². The van der Waals surface area contributed by atoms with Gasteiger partial charge in [0.25, 0.3) is 0 Å². The Balaban J connectivity index is 2.09. The average Bonchev–Trinajstić information content (AvgIpc) is 2.79. The van der Waals surface area contributed by atoms with Gasteiger partial charge in [0.15, 0.2) is 0 Å². The summed E-state index contributed by atoms with van der Waals surface area (Å²) in [7, 11) is 0. The van der Waals surface area contributed by atoms with Crippen molar-refractivity contribution in [1.29, 1.82) is 0 Å². The van der Waals surface area contributed by atoms with Crippen LogP contribution in [0.25, 0.3) is 0 Å². The van der Waals surface area contributed by atoms with Crippen molar-refractivity contribution in [3.63, 3.8) is 0 Å². The van der Waals surface area contributed by atoms with E-state index in [-0.39, 0.29) is 5.25 Å². The van der Waals surface area contributed by atoms with Crippen LogP contribution in [0.15, 0.2) is 39.9 Å². The molecule has 3 nitrogen and oxygen atoms in total. The number of nitrogens with zero attached hydrogens (tertiary/aromatic N) is 1. The lowest BCUT2D eigenvalue weighted by molar-refractivity contribution is -0.141. The molecule has 4 heteroatoms. The molecule has 2 unspecified atom stereocenters. The highest BCUT2D eigenvalue weighted by atomic mass is 32.2. The number of aliphatic carboxylic acids is 1. The van der Waals surface area contributed by atoms with E-state index in [1.54, 1.807) is 24.2 Å². The van der Waals surface area contributed by atoms with Gasteiger partial charge in [-0.1, -0.05) is 12.2 Å². The molecular formula is C11H9NO2S. The van der Waals surface area contributed by atoms with Gasteiger partial charge in [0.1, 0.15) is 5.41 Å². The molecule has 0 aromatic carbocycles. The van der Waals surface area contributed by atoms with E-state index in [0.717, 1.165) is 16.9 Å². The van der Waals surface area contributed by atoms with Crippen molar-refractivity contribution in [2.45, 2.75) is 11.7 Å². The third-order valence-electron chi connectivity index (χ3n) is 3.03. The number of hydrogen-bond acceptors (Lipinski definition) is 3. The van der Waals surface area contributed by atoms with Crippen molar-refractivity contribution in [3.8, 4) is 0 Å². The first-order chi connectivity index (χ1) is 7.25. The van der Waals surface area contributed by atoms with Gasteiger partial charge in [0, 0.05) is 22.6 Å². The number of allylic oxidation sites excluding steroid dienone is 4. The molecule has 1 saturated carbocycles. The number of hydrogen-bond donors (Lipinski definition) is 1. The summed E-state index contributed by atoms with van der Waals surface area (Å²) in [5.74, 6) is -0.701. The van der Waals surface area contributed by atoms with Crippen LogP contribution in [0.1, 0.15) is 6.42 Å². The third-order valence-corrected chi connectivity index (χ3v) is 4.46. The van der Waals surface area contributed by atoms with Crippen LogP contribution in [-0.2, 0) is 4.79 Å². The zero-order valence-electron chi connectivity index (χ0n) is 7.88. The minimum Gasteiger partial charge on any atom is -0.481 e. The Morgan fingerprint density at radius 3 is 3.27 bits per heavy atom. The van der Waals surface area contributed by atoms with Crippen LogP contribution in [-0.4, -0.2) is 22.5 Å². The summed E-state index contributed by atoms with van der Waals surface area (Å²) < 4.78 is 0.